The predicted molar refractivity (Wildman–Crippen MR) is 98.2 cm³/mol. The van der Waals surface area contributed by atoms with E-state index in [1.54, 1.807) is 6.07 Å². The first kappa shape index (κ1) is 15.9. The Labute approximate surface area is 147 Å². The Morgan fingerprint density at radius 2 is 2.08 bits per heavy atom. The maximum atomic E-state index is 12.4. The lowest BCUT2D eigenvalue weighted by Gasteiger charge is -2.18. The lowest BCUT2D eigenvalue weighted by atomic mass is 10.1. The summed E-state index contributed by atoms with van der Waals surface area (Å²) in [4.78, 5) is 29.8. The molecule has 1 fully saturated rings. The summed E-state index contributed by atoms with van der Waals surface area (Å²) in [6, 6.07) is 12.1. The van der Waals surface area contributed by atoms with Crippen LogP contribution >= 0.6 is 0 Å². The number of nitrogens with zero attached hydrogens (tertiary/aromatic N) is 1. The molecule has 0 saturated carbocycles. The minimum atomic E-state index is -0.268. The molecule has 2 heterocycles. The van der Waals surface area contributed by atoms with Crippen LogP contribution in [0.15, 0.2) is 41.2 Å². The molecule has 2 aliphatic rings. The molecule has 1 amide bonds. The Kier molecular flexibility index (Phi) is 4.30. The average molecular weight is 337 g/mol. The number of para-hydroxylation sites is 1. The highest BCUT2D eigenvalue weighted by atomic mass is 16.2. The number of H-pyrrole nitrogens is 1. The first-order valence-electron chi connectivity index (χ1n) is 9.04. The van der Waals surface area contributed by atoms with Crippen molar-refractivity contribution in [3.05, 3.63) is 63.6 Å². The van der Waals surface area contributed by atoms with Crippen LogP contribution < -0.4 is 15.8 Å². The molecule has 0 bridgehead atoms. The zero-order valence-corrected chi connectivity index (χ0v) is 14.3. The van der Waals surface area contributed by atoms with E-state index in [-0.39, 0.29) is 17.0 Å². The van der Waals surface area contributed by atoms with Crippen molar-refractivity contribution < 1.29 is 4.79 Å². The van der Waals surface area contributed by atoms with Crippen molar-refractivity contribution in [1.29, 1.82) is 0 Å². The molecule has 5 nitrogen and oxygen atoms in total. The molecule has 1 aromatic carbocycles. The third-order valence-electron chi connectivity index (χ3n) is 5.29. The summed E-state index contributed by atoms with van der Waals surface area (Å²) in [5, 5.41) is 2.96. The number of aromatic amines is 1. The molecule has 1 saturated heterocycles. The van der Waals surface area contributed by atoms with E-state index in [4.69, 9.17) is 0 Å². The third kappa shape index (κ3) is 3.31. The molecule has 5 heteroatoms. The van der Waals surface area contributed by atoms with Crippen molar-refractivity contribution in [2.45, 2.75) is 25.7 Å². The van der Waals surface area contributed by atoms with E-state index in [0.29, 0.717) is 12.5 Å². The van der Waals surface area contributed by atoms with Crippen LogP contribution in [0.5, 0.6) is 0 Å². The number of rotatable bonds is 4. The molecule has 25 heavy (non-hydrogen) atoms. The van der Waals surface area contributed by atoms with Gasteiger partial charge < -0.3 is 15.2 Å². The molecule has 0 spiro atoms. The fraction of sp³-hybridized carbons (Fsp3) is 0.400. The predicted octanol–water partition coefficient (Wildman–Crippen LogP) is 2.12. The summed E-state index contributed by atoms with van der Waals surface area (Å²) in [6.45, 7) is 2.55. The van der Waals surface area contributed by atoms with E-state index in [2.05, 4.69) is 27.3 Å². The van der Waals surface area contributed by atoms with Gasteiger partial charge in [-0.25, -0.2) is 0 Å². The number of aryl methyl sites for hydroxylation is 2. The topological polar surface area (TPSA) is 65.2 Å². The van der Waals surface area contributed by atoms with E-state index in [0.717, 1.165) is 50.0 Å². The molecule has 1 atom stereocenters. The highest BCUT2D eigenvalue weighted by molar-refractivity contribution is 5.94. The largest absolute Gasteiger partial charge is 0.371 e. The van der Waals surface area contributed by atoms with Crippen molar-refractivity contribution in [1.82, 2.24) is 10.3 Å². The molecule has 2 aromatic rings. The van der Waals surface area contributed by atoms with Crippen molar-refractivity contribution in [3.8, 4) is 0 Å². The van der Waals surface area contributed by atoms with Gasteiger partial charge in [0, 0.05) is 31.0 Å². The maximum Gasteiger partial charge on any atom is 0.261 e. The molecule has 4 rings (SSSR count). The van der Waals surface area contributed by atoms with Gasteiger partial charge in [-0.1, -0.05) is 18.2 Å². The molecule has 1 aliphatic carbocycles. The van der Waals surface area contributed by atoms with Gasteiger partial charge >= 0.3 is 0 Å². The maximum absolute atomic E-state index is 12.4. The Hall–Kier alpha value is -2.56. The van der Waals surface area contributed by atoms with Crippen molar-refractivity contribution >= 4 is 11.6 Å². The second-order valence-corrected chi connectivity index (χ2v) is 7.02. The van der Waals surface area contributed by atoms with Crippen molar-refractivity contribution in [2.24, 2.45) is 5.92 Å². The Morgan fingerprint density at radius 3 is 2.92 bits per heavy atom. The number of hydrogen-bond donors (Lipinski definition) is 2. The number of carbonyl (C=O) groups is 1. The average Bonchev–Trinajstić information content (AvgIpc) is 3.28. The summed E-state index contributed by atoms with van der Waals surface area (Å²) in [6.07, 6.45) is 3.95. The van der Waals surface area contributed by atoms with Crippen LogP contribution in [-0.2, 0) is 12.8 Å². The molecule has 130 valence electrons. The molecule has 0 unspecified atom stereocenters. The first-order chi connectivity index (χ1) is 12.2. The lowest BCUT2D eigenvalue weighted by Crippen LogP contribution is -2.34. The van der Waals surface area contributed by atoms with E-state index < -0.39 is 0 Å². The SMILES string of the molecule is O=C(NC[C@H]1CCN(c2ccccc2)C1)c1cc2c([nH]c1=O)CCC2. The van der Waals surface area contributed by atoms with Crippen LogP contribution in [0.1, 0.15) is 34.5 Å². The summed E-state index contributed by atoms with van der Waals surface area (Å²) in [7, 11) is 0. The van der Waals surface area contributed by atoms with E-state index >= 15 is 0 Å². The van der Waals surface area contributed by atoms with Gasteiger partial charge in [0.1, 0.15) is 5.56 Å². The normalized spacial score (nSPS) is 19.0. The van der Waals surface area contributed by atoms with Gasteiger partial charge in [-0.2, -0.15) is 0 Å². The molecule has 1 aromatic heterocycles. The minimum absolute atomic E-state index is 0.249. The highest BCUT2D eigenvalue weighted by Gasteiger charge is 2.24. The fourth-order valence-electron chi connectivity index (χ4n) is 3.89. The van der Waals surface area contributed by atoms with E-state index in [1.165, 1.54) is 5.69 Å². The Bertz CT molecular complexity index is 829. The van der Waals surface area contributed by atoms with Gasteiger partial charge in [0.2, 0.25) is 0 Å². The van der Waals surface area contributed by atoms with Gasteiger partial charge in [0.25, 0.3) is 11.5 Å². The third-order valence-corrected chi connectivity index (χ3v) is 5.29. The monoisotopic (exact) mass is 337 g/mol. The number of benzene rings is 1. The first-order valence-corrected chi connectivity index (χ1v) is 9.04. The number of aromatic nitrogens is 1. The van der Waals surface area contributed by atoms with Gasteiger partial charge in [0.05, 0.1) is 0 Å². The fourth-order valence-corrected chi connectivity index (χ4v) is 3.89. The number of pyridine rings is 1. The number of nitrogens with one attached hydrogen (secondary N) is 2. The number of carbonyl (C=O) groups excluding carboxylic acids is 1. The second kappa shape index (κ2) is 6.75. The molecule has 2 N–H and O–H groups in total. The van der Waals surface area contributed by atoms with Crippen molar-refractivity contribution in [3.63, 3.8) is 0 Å². The van der Waals surface area contributed by atoms with Gasteiger partial charge in [0.15, 0.2) is 0 Å². The smallest absolute Gasteiger partial charge is 0.261 e. The van der Waals surface area contributed by atoms with Gasteiger partial charge in [-0.3, -0.25) is 9.59 Å². The van der Waals surface area contributed by atoms with Crippen LogP contribution in [0.25, 0.3) is 0 Å². The van der Waals surface area contributed by atoms with Crippen LogP contribution in [0, 0.1) is 5.92 Å². The molecule has 1 aliphatic heterocycles. The summed E-state index contributed by atoms with van der Waals surface area (Å²) in [5.74, 6) is 0.159. The lowest BCUT2D eigenvalue weighted by molar-refractivity contribution is 0.0946. The van der Waals surface area contributed by atoms with Crippen LogP contribution in [0.2, 0.25) is 0 Å². The van der Waals surface area contributed by atoms with Gasteiger partial charge in [-0.15, -0.1) is 0 Å². The Balaban J connectivity index is 1.36. The highest BCUT2D eigenvalue weighted by Crippen LogP contribution is 2.23. The van der Waals surface area contributed by atoms with Gasteiger partial charge in [-0.05, 0) is 55.4 Å². The molecule has 0 radical (unpaired) electrons. The Morgan fingerprint density at radius 1 is 1.24 bits per heavy atom. The van der Waals surface area contributed by atoms with Crippen molar-refractivity contribution in [2.75, 3.05) is 24.5 Å². The minimum Gasteiger partial charge on any atom is -0.371 e. The van der Waals surface area contributed by atoms with Crippen LogP contribution in [-0.4, -0.2) is 30.5 Å². The number of amides is 1. The quantitative estimate of drug-likeness (QED) is 0.898. The van der Waals surface area contributed by atoms with Crippen LogP contribution in [0.3, 0.4) is 0 Å². The molecular formula is C20H23N3O2. The summed E-state index contributed by atoms with van der Waals surface area (Å²) >= 11 is 0. The standard InChI is InChI=1S/C20H23N3O2/c24-19(17-11-15-5-4-8-18(15)22-20(17)25)21-12-14-9-10-23(13-14)16-6-2-1-3-7-16/h1-3,6-7,11,14H,4-5,8-10,12-13H2,(H,21,24)(H,22,25)/t14-/m1/s1. The zero-order chi connectivity index (χ0) is 17.2. The molecular weight excluding hydrogens is 314 g/mol. The zero-order valence-electron chi connectivity index (χ0n) is 14.3. The second-order valence-electron chi connectivity index (χ2n) is 7.02. The number of fused-ring (bicyclic) bond motifs is 1. The number of anilines is 1. The van der Waals surface area contributed by atoms with Crippen LogP contribution in [0.4, 0.5) is 5.69 Å². The van der Waals surface area contributed by atoms with E-state index in [9.17, 15) is 9.59 Å². The van der Waals surface area contributed by atoms with E-state index in [1.807, 2.05) is 18.2 Å². The summed E-state index contributed by atoms with van der Waals surface area (Å²) in [5.41, 5.74) is 3.32. The summed E-state index contributed by atoms with van der Waals surface area (Å²) < 4.78 is 0. The number of hydrogen-bond acceptors (Lipinski definition) is 3.